The molecule has 132 valence electrons. The lowest BCUT2D eigenvalue weighted by atomic mass is 9.97. The molecule has 24 heavy (non-hydrogen) atoms. The predicted molar refractivity (Wildman–Crippen MR) is 95.6 cm³/mol. The lowest BCUT2D eigenvalue weighted by Gasteiger charge is -2.35. The van der Waals surface area contributed by atoms with Gasteiger partial charge in [0.1, 0.15) is 0 Å². The number of hydrogen-bond acceptors (Lipinski definition) is 2. The molecule has 1 heterocycles. The van der Waals surface area contributed by atoms with E-state index in [9.17, 15) is 9.59 Å². The number of nitrogens with one attached hydrogen (secondary N) is 1. The molecule has 5 nitrogen and oxygen atoms in total. The largest absolute Gasteiger partial charge is 0.352 e. The second-order valence-corrected chi connectivity index (χ2v) is 6.44. The normalized spacial score (nSPS) is 17.5. The number of carbonyl (C=O) groups excluding carboxylic acids is 2. The van der Waals surface area contributed by atoms with E-state index >= 15 is 0 Å². The van der Waals surface area contributed by atoms with E-state index in [1.165, 1.54) is 5.56 Å². The van der Waals surface area contributed by atoms with Gasteiger partial charge in [-0.2, -0.15) is 0 Å². The molecule has 1 N–H and O–H groups in total. The highest BCUT2D eigenvalue weighted by Crippen LogP contribution is 2.18. The molecule has 1 atom stereocenters. The molecule has 1 aliphatic heterocycles. The molecule has 1 unspecified atom stereocenters. The molecule has 1 fully saturated rings. The SMILES string of the molecule is CCN(CC)C(=O)N1CCCC(C(=O)NCc2ccc(C)cc2)C1. The van der Waals surface area contributed by atoms with Crippen molar-refractivity contribution in [1.82, 2.24) is 15.1 Å². The summed E-state index contributed by atoms with van der Waals surface area (Å²) in [4.78, 5) is 28.6. The summed E-state index contributed by atoms with van der Waals surface area (Å²) in [6, 6.07) is 8.22. The molecule has 2 rings (SSSR count). The Bertz CT molecular complexity index is 552. The first-order valence-corrected chi connectivity index (χ1v) is 8.92. The molecule has 1 aliphatic rings. The van der Waals surface area contributed by atoms with Crippen molar-refractivity contribution >= 4 is 11.9 Å². The number of urea groups is 1. The van der Waals surface area contributed by atoms with Crippen LogP contribution in [0.1, 0.15) is 37.8 Å². The Morgan fingerprint density at radius 3 is 2.50 bits per heavy atom. The standard InChI is InChI=1S/C19H29N3O2/c1-4-21(5-2)19(24)22-12-6-7-17(14-22)18(23)20-13-16-10-8-15(3)9-11-16/h8-11,17H,4-7,12-14H2,1-3H3,(H,20,23). The maximum atomic E-state index is 12.5. The van der Waals surface area contributed by atoms with Crippen molar-refractivity contribution in [1.29, 1.82) is 0 Å². The number of benzene rings is 1. The number of amides is 3. The highest BCUT2D eigenvalue weighted by Gasteiger charge is 2.29. The van der Waals surface area contributed by atoms with Crippen LogP contribution in [-0.4, -0.2) is 47.9 Å². The van der Waals surface area contributed by atoms with Gasteiger partial charge >= 0.3 is 6.03 Å². The minimum absolute atomic E-state index is 0.0487. The van der Waals surface area contributed by atoms with Crippen molar-refractivity contribution in [2.24, 2.45) is 5.92 Å². The summed E-state index contributed by atoms with van der Waals surface area (Å²) in [5, 5.41) is 3.01. The third-order valence-corrected chi connectivity index (χ3v) is 4.68. The van der Waals surface area contributed by atoms with E-state index < -0.39 is 0 Å². The molecule has 0 radical (unpaired) electrons. The smallest absolute Gasteiger partial charge is 0.320 e. The lowest BCUT2D eigenvalue weighted by molar-refractivity contribution is -0.126. The zero-order valence-electron chi connectivity index (χ0n) is 15.0. The first-order valence-electron chi connectivity index (χ1n) is 8.92. The Labute approximate surface area is 145 Å². The van der Waals surface area contributed by atoms with Crippen LogP contribution in [0, 0.1) is 12.8 Å². The van der Waals surface area contributed by atoms with Crippen LogP contribution < -0.4 is 5.32 Å². The third-order valence-electron chi connectivity index (χ3n) is 4.68. The maximum Gasteiger partial charge on any atom is 0.320 e. The summed E-state index contributed by atoms with van der Waals surface area (Å²) in [7, 11) is 0. The van der Waals surface area contributed by atoms with E-state index in [0.29, 0.717) is 26.2 Å². The second kappa shape index (κ2) is 8.71. The Kier molecular flexibility index (Phi) is 6.64. The summed E-state index contributed by atoms with van der Waals surface area (Å²) in [5.41, 5.74) is 2.31. The second-order valence-electron chi connectivity index (χ2n) is 6.44. The van der Waals surface area contributed by atoms with Crippen LogP contribution in [0.25, 0.3) is 0 Å². The fourth-order valence-corrected chi connectivity index (χ4v) is 3.10. The topological polar surface area (TPSA) is 52.7 Å². The first-order chi connectivity index (χ1) is 11.5. The molecule has 5 heteroatoms. The number of carbonyl (C=O) groups is 2. The van der Waals surface area contributed by atoms with Crippen LogP contribution >= 0.6 is 0 Å². The number of hydrogen-bond donors (Lipinski definition) is 1. The Morgan fingerprint density at radius 1 is 1.21 bits per heavy atom. The van der Waals surface area contributed by atoms with Gasteiger partial charge in [0, 0.05) is 32.7 Å². The van der Waals surface area contributed by atoms with E-state index in [-0.39, 0.29) is 17.9 Å². The summed E-state index contributed by atoms with van der Waals surface area (Å²) in [6.45, 7) is 9.23. The van der Waals surface area contributed by atoms with Gasteiger partial charge in [-0.3, -0.25) is 4.79 Å². The van der Waals surface area contributed by atoms with Crippen LogP contribution in [0.4, 0.5) is 4.79 Å². The van der Waals surface area contributed by atoms with Gasteiger partial charge in [-0.05, 0) is 39.2 Å². The Morgan fingerprint density at radius 2 is 1.88 bits per heavy atom. The molecule has 1 aromatic carbocycles. The number of aryl methyl sites for hydroxylation is 1. The van der Waals surface area contributed by atoms with Crippen LogP contribution in [0.5, 0.6) is 0 Å². The van der Waals surface area contributed by atoms with Gasteiger partial charge in [-0.1, -0.05) is 29.8 Å². The number of likely N-dealkylation sites (tertiary alicyclic amines) is 1. The summed E-state index contributed by atoms with van der Waals surface area (Å²) in [5.74, 6) is -0.0590. The van der Waals surface area contributed by atoms with Gasteiger partial charge in [-0.15, -0.1) is 0 Å². The molecule has 0 spiro atoms. The molecular formula is C19H29N3O2. The summed E-state index contributed by atoms with van der Waals surface area (Å²) >= 11 is 0. The fourth-order valence-electron chi connectivity index (χ4n) is 3.10. The Hall–Kier alpha value is -2.04. The fraction of sp³-hybridized carbons (Fsp3) is 0.579. The molecule has 0 aliphatic carbocycles. The Balaban J connectivity index is 1.87. The van der Waals surface area contributed by atoms with Crippen molar-refractivity contribution in [2.75, 3.05) is 26.2 Å². The predicted octanol–water partition coefficient (Wildman–Crippen LogP) is 2.79. The molecular weight excluding hydrogens is 302 g/mol. The van der Waals surface area contributed by atoms with Crippen LogP contribution in [0.2, 0.25) is 0 Å². The zero-order valence-corrected chi connectivity index (χ0v) is 15.0. The molecule has 0 aromatic heterocycles. The molecule has 0 saturated carbocycles. The zero-order chi connectivity index (χ0) is 17.5. The molecule has 1 aromatic rings. The van der Waals surface area contributed by atoms with E-state index in [0.717, 1.165) is 24.9 Å². The molecule has 1 saturated heterocycles. The minimum Gasteiger partial charge on any atom is -0.352 e. The van der Waals surface area contributed by atoms with Crippen molar-refractivity contribution in [3.63, 3.8) is 0 Å². The van der Waals surface area contributed by atoms with Crippen molar-refractivity contribution in [2.45, 2.75) is 40.2 Å². The van der Waals surface area contributed by atoms with E-state index in [1.807, 2.05) is 54.8 Å². The van der Waals surface area contributed by atoms with E-state index in [2.05, 4.69) is 5.32 Å². The van der Waals surface area contributed by atoms with Gasteiger partial charge in [0.05, 0.1) is 5.92 Å². The number of piperidine rings is 1. The van der Waals surface area contributed by atoms with Gasteiger partial charge in [0.25, 0.3) is 0 Å². The average molecular weight is 331 g/mol. The summed E-state index contributed by atoms with van der Waals surface area (Å²) < 4.78 is 0. The molecule has 0 bridgehead atoms. The van der Waals surface area contributed by atoms with Gasteiger partial charge in [0.2, 0.25) is 5.91 Å². The number of rotatable bonds is 5. The number of nitrogens with zero attached hydrogens (tertiary/aromatic N) is 2. The highest BCUT2D eigenvalue weighted by molar-refractivity contribution is 5.80. The van der Waals surface area contributed by atoms with Crippen LogP contribution in [0.3, 0.4) is 0 Å². The van der Waals surface area contributed by atoms with E-state index in [1.54, 1.807) is 0 Å². The molecule has 3 amide bonds. The third kappa shape index (κ3) is 4.73. The van der Waals surface area contributed by atoms with Crippen LogP contribution in [-0.2, 0) is 11.3 Å². The minimum atomic E-state index is -0.108. The quantitative estimate of drug-likeness (QED) is 0.902. The van der Waals surface area contributed by atoms with Gasteiger partial charge < -0.3 is 15.1 Å². The van der Waals surface area contributed by atoms with Crippen molar-refractivity contribution in [3.05, 3.63) is 35.4 Å². The van der Waals surface area contributed by atoms with Gasteiger partial charge in [-0.25, -0.2) is 4.79 Å². The maximum absolute atomic E-state index is 12.5. The van der Waals surface area contributed by atoms with Crippen molar-refractivity contribution in [3.8, 4) is 0 Å². The average Bonchev–Trinajstić information content (AvgIpc) is 2.62. The highest BCUT2D eigenvalue weighted by atomic mass is 16.2. The lowest BCUT2D eigenvalue weighted by Crippen LogP contribution is -2.50. The van der Waals surface area contributed by atoms with Crippen LogP contribution in [0.15, 0.2) is 24.3 Å². The first kappa shape index (κ1) is 18.3. The summed E-state index contributed by atoms with van der Waals surface area (Å²) in [6.07, 6.45) is 1.73. The van der Waals surface area contributed by atoms with Gasteiger partial charge in [0.15, 0.2) is 0 Å². The van der Waals surface area contributed by atoms with Crippen molar-refractivity contribution < 1.29 is 9.59 Å². The van der Waals surface area contributed by atoms with E-state index in [4.69, 9.17) is 0 Å². The monoisotopic (exact) mass is 331 g/mol.